The van der Waals surface area contributed by atoms with Crippen LogP contribution in [0, 0.1) is 6.92 Å². The van der Waals surface area contributed by atoms with Crippen LogP contribution in [0.2, 0.25) is 0 Å². The molecule has 3 nitrogen and oxygen atoms in total. The summed E-state index contributed by atoms with van der Waals surface area (Å²) >= 11 is 1.44. The van der Waals surface area contributed by atoms with Gasteiger partial charge in [-0.2, -0.15) is 4.37 Å². The number of carbonyl (C=O) groups excluding carboxylic acids is 1. The molecule has 1 aromatic heterocycles. The Morgan fingerprint density at radius 3 is 3.00 bits per heavy atom. The summed E-state index contributed by atoms with van der Waals surface area (Å²) in [6.45, 7) is 1.97. The molecule has 0 aliphatic heterocycles. The van der Waals surface area contributed by atoms with Crippen LogP contribution in [-0.4, -0.2) is 17.5 Å². The minimum absolute atomic E-state index is 0.304. The van der Waals surface area contributed by atoms with Gasteiger partial charge in [-0.15, -0.1) is 0 Å². The third-order valence-electron chi connectivity index (χ3n) is 2.06. The smallest absolute Gasteiger partial charge is 0.337 e. The molecule has 4 heteroatoms. The Morgan fingerprint density at radius 2 is 2.29 bits per heavy atom. The Balaban J connectivity index is 2.64. The zero-order valence-electron chi connectivity index (χ0n) is 7.90. The number of hydrogen-bond acceptors (Lipinski definition) is 4. The highest BCUT2D eigenvalue weighted by Gasteiger charge is 2.09. The van der Waals surface area contributed by atoms with Gasteiger partial charge in [-0.3, -0.25) is 0 Å². The van der Waals surface area contributed by atoms with Crippen LogP contribution in [0.3, 0.4) is 0 Å². The van der Waals surface area contributed by atoms with Crippen LogP contribution in [0.15, 0.2) is 18.3 Å². The summed E-state index contributed by atoms with van der Waals surface area (Å²) in [5, 5.41) is 0.996. The Bertz CT molecular complexity index is 490. The van der Waals surface area contributed by atoms with Crippen molar-refractivity contribution in [2.45, 2.75) is 6.92 Å². The SMILES string of the molecule is COC(=O)c1cc(C)c2sncc2c1. The lowest BCUT2D eigenvalue weighted by Gasteiger charge is -2.01. The average Bonchev–Trinajstić information content (AvgIpc) is 2.64. The van der Waals surface area contributed by atoms with Gasteiger partial charge in [0.2, 0.25) is 0 Å². The van der Waals surface area contributed by atoms with Crippen LogP contribution >= 0.6 is 11.5 Å². The van der Waals surface area contributed by atoms with Crippen molar-refractivity contribution < 1.29 is 9.53 Å². The van der Waals surface area contributed by atoms with Crippen molar-refractivity contribution in [3.05, 3.63) is 29.5 Å². The number of nitrogens with zero attached hydrogens (tertiary/aromatic N) is 1. The van der Waals surface area contributed by atoms with Crippen LogP contribution in [0.5, 0.6) is 0 Å². The lowest BCUT2D eigenvalue weighted by molar-refractivity contribution is 0.0601. The first-order valence-electron chi connectivity index (χ1n) is 4.15. The number of hydrogen-bond donors (Lipinski definition) is 0. The van der Waals surface area contributed by atoms with Gasteiger partial charge in [-0.1, -0.05) is 0 Å². The number of carbonyl (C=O) groups is 1. The minimum atomic E-state index is -0.304. The van der Waals surface area contributed by atoms with E-state index in [1.807, 2.05) is 13.0 Å². The van der Waals surface area contributed by atoms with Crippen molar-refractivity contribution in [3.8, 4) is 0 Å². The van der Waals surface area contributed by atoms with Crippen molar-refractivity contribution in [1.82, 2.24) is 4.37 Å². The number of aromatic nitrogens is 1. The monoisotopic (exact) mass is 207 g/mol. The van der Waals surface area contributed by atoms with E-state index in [0.29, 0.717) is 5.56 Å². The molecule has 0 saturated carbocycles. The van der Waals surface area contributed by atoms with Crippen molar-refractivity contribution in [2.24, 2.45) is 0 Å². The zero-order chi connectivity index (χ0) is 10.1. The molecule has 2 rings (SSSR count). The summed E-state index contributed by atoms with van der Waals surface area (Å²) in [5.74, 6) is -0.304. The largest absolute Gasteiger partial charge is 0.465 e. The topological polar surface area (TPSA) is 39.2 Å². The molecule has 2 aromatic rings. The summed E-state index contributed by atoms with van der Waals surface area (Å²) < 4.78 is 9.86. The van der Waals surface area contributed by atoms with E-state index >= 15 is 0 Å². The second kappa shape index (κ2) is 3.38. The van der Waals surface area contributed by atoms with Crippen LogP contribution in [0.4, 0.5) is 0 Å². The first kappa shape index (κ1) is 9.15. The molecule has 0 N–H and O–H groups in total. The van der Waals surface area contributed by atoms with E-state index in [1.54, 1.807) is 12.3 Å². The van der Waals surface area contributed by atoms with Crippen LogP contribution in [-0.2, 0) is 4.74 Å². The molecule has 0 fully saturated rings. The number of fused-ring (bicyclic) bond motifs is 1. The summed E-state index contributed by atoms with van der Waals surface area (Å²) in [4.78, 5) is 11.3. The van der Waals surface area contributed by atoms with E-state index in [0.717, 1.165) is 15.6 Å². The van der Waals surface area contributed by atoms with Gasteiger partial charge in [-0.05, 0) is 36.2 Å². The van der Waals surface area contributed by atoms with Gasteiger partial charge in [0.15, 0.2) is 0 Å². The molecule has 0 aliphatic carbocycles. The number of rotatable bonds is 1. The standard InChI is InChI=1S/C10H9NO2S/c1-6-3-7(10(12)13-2)4-8-5-11-14-9(6)8/h3-5H,1-2H3. The highest BCUT2D eigenvalue weighted by molar-refractivity contribution is 7.13. The molecule has 0 amide bonds. The molecular weight excluding hydrogens is 198 g/mol. The van der Waals surface area contributed by atoms with Gasteiger partial charge >= 0.3 is 5.97 Å². The molecule has 72 valence electrons. The molecule has 0 aliphatic rings. The van der Waals surface area contributed by atoms with Gasteiger partial charge in [0.1, 0.15) is 0 Å². The minimum Gasteiger partial charge on any atom is -0.465 e. The van der Waals surface area contributed by atoms with E-state index in [4.69, 9.17) is 0 Å². The molecule has 1 heterocycles. The van der Waals surface area contributed by atoms with E-state index in [-0.39, 0.29) is 5.97 Å². The van der Waals surface area contributed by atoms with Gasteiger partial charge in [0.25, 0.3) is 0 Å². The Labute approximate surface area is 85.5 Å². The highest BCUT2D eigenvalue weighted by Crippen LogP contribution is 2.24. The van der Waals surface area contributed by atoms with Crippen LogP contribution < -0.4 is 0 Å². The Morgan fingerprint density at radius 1 is 1.50 bits per heavy atom. The van der Waals surface area contributed by atoms with Gasteiger partial charge in [0, 0.05) is 11.6 Å². The van der Waals surface area contributed by atoms with Gasteiger partial charge < -0.3 is 4.74 Å². The summed E-state index contributed by atoms with van der Waals surface area (Å²) in [5.41, 5.74) is 1.64. The molecule has 0 spiro atoms. The Kier molecular flexibility index (Phi) is 2.21. The summed E-state index contributed by atoms with van der Waals surface area (Å²) in [7, 11) is 1.38. The lowest BCUT2D eigenvalue weighted by atomic mass is 10.1. The van der Waals surface area contributed by atoms with E-state index < -0.39 is 0 Å². The second-order valence-corrected chi connectivity index (χ2v) is 3.83. The van der Waals surface area contributed by atoms with E-state index in [2.05, 4.69) is 9.11 Å². The van der Waals surface area contributed by atoms with E-state index in [1.165, 1.54) is 18.6 Å². The molecule has 14 heavy (non-hydrogen) atoms. The fourth-order valence-electron chi connectivity index (χ4n) is 1.39. The van der Waals surface area contributed by atoms with E-state index in [9.17, 15) is 4.79 Å². The summed E-state index contributed by atoms with van der Waals surface area (Å²) in [6.07, 6.45) is 1.76. The number of esters is 1. The maximum Gasteiger partial charge on any atom is 0.337 e. The fraction of sp³-hybridized carbons (Fsp3) is 0.200. The molecule has 0 unspecified atom stereocenters. The van der Waals surface area contributed by atoms with Gasteiger partial charge in [-0.25, -0.2) is 4.79 Å². The quantitative estimate of drug-likeness (QED) is 0.674. The predicted octanol–water partition coefficient (Wildman–Crippen LogP) is 2.39. The Hall–Kier alpha value is -1.42. The molecule has 0 atom stereocenters. The molecule has 0 saturated heterocycles. The fourth-order valence-corrected chi connectivity index (χ4v) is 2.08. The number of aryl methyl sites for hydroxylation is 1. The second-order valence-electron chi connectivity index (χ2n) is 3.03. The normalized spacial score (nSPS) is 10.4. The van der Waals surface area contributed by atoms with Crippen molar-refractivity contribution in [3.63, 3.8) is 0 Å². The molecule has 0 radical (unpaired) electrons. The lowest BCUT2D eigenvalue weighted by Crippen LogP contribution is -2.00. The maximum atomic E-state index is 11.3. The third kappa shape index (κ3) is 1.37. The molecular formula is C10H9NO2S. The zero-order valence-corrected chi connectivity index (χ0v) is 8.72. The average molecular weight is 207 g/mol. The third-order valence-corrected chi connectivity index (χ3v) is 3.01. The molecule has 0 bridgehead atoms. The molecule has 1 aromatic carbocycles. The van der Waals surface area contributed by atoms with Gasteiger partial charge in [0.05, 0.1) is 17.4 Å². The first-order valence-corrected chi connectivity index (χ1v) is 4.93. The number of ether oxygens (including phenoxy) is 1. The predicted molar refractivity (Wildman–Crippen MR) is 55.7 cm³/mol. The van der Waals surface area contributed by atoms with Crippen LogP contribution in [0.1, 0.15) is 15.9 Å². The van der Waals surface area contributed by atoms with Crippen molar-refractivity contribution in [2.75, 3.05) is 7.11 Å². The number of methoxy groups -OCH3 is 1. The number of benzene rings is 1. The van der Waals surface area contributed by atoms with Crippen molar-refractivity contribution >= 4 is 27.6 Å². The maximum absolute atomic E-state index is 11.3. The highest BCUT2D eigenvalue weighted by atomic mass is 32.1. The first-order chi connectivity index (χ1) is 6.72. The van der Waals surface area contributed by atoms with Crippen LogP contribution in [0.25, 0.3) is 10.1 Å². The summed E-state index contributed by atoms with van der Waals surface area (Å²) in [6, 6.07) is 3.63. The van der Waals surface area contributed by atoms with Crippen molar-refractivity contribution in [1.29, 1.82) is 0 Å².